The van der Waals surface area contributed by atoms with Gasteiger partial charge in [-0.3, -0.25) is 4.72 Å². The number of hydrogen-bond acceptors (Lipinski definition) is 5. The number of ether oxygens (including phenoxy) is 1. The monoisotopic (exact) mass is 443 g/mol. The van der Waals surface area contributed by atoms with Crippen LogP contribution in [0.2, 0.25) is 0 Å². The summed E-state index contributed by atoms with van der Waals surface area (Å²) in [4.78, 5) is 12.8. The lowest BCUT2D eigenvalue weighted by Crippen LogP contribution is -2.13. The molecule has 0 amide bonds. The molecule has 0 fully saturated rings. The largest absolute Gasteiger partial charge is 0.462 e. The average molecular weight is 444 g/mol. The summed E-state index contributed by atoms with van der Waals surface area (Å²) in [6.07, 6.45) is 5.32. The molecule has 0 saturated heterocycles. The molecular weight excluding hydrogens is 414 g/mol. The Labute approximate surface area is 183 Å². The van der Waals surface area contributed by atoms with Crippen LogP contribution in [0.15, 0.2) is 51.8 Å². The van der Waals surface area contributed by atoms with Gasteiger partial charge in [0.15, 0.2) is 0 Å². The predicted molar refractivity (Wildman–Crippen MR) is 122 cm³/mol. The maximum atomic E-state index is 12.7. The van der Waals surface area contributed by atoms with Crippen molar-refractivity contribution in [3.05, 3.63) is 59.4 Å². The summed E-state index contributed by atoms with van der Waals surface area (Å²) in [6, 6.07) is 11.5. The molecule has 0 bridgehead atoms. The second-order valence-corrected chi connectivity index (χ2v) is 9.40. The Morgan fingerprint density at radius 1 is 1.00 bits per heavy atom. The van der Waals surface area contributed by atoms with E-state index >= 15 is 0 Å². The third-order valence-corrected chi connectivity index (χ3v) is 6.53. The Hall–Kier alpha value is -2.80. The van der Waals surface area contributed by atoms with Crippen LogP contribution in [-0.2, 0) is 14.8 Å². The highest BCUT2D eigenvalue weighted by atomic mass is 32.2. The van der Waals surface area contributed by atoms with Crippen molar-refractivity contribution in [3.63, 3.8) is 0 Å². The number of carbonyl (C=O) groups excluding carboxylic acids is 1. The molecule has 31 heavy (non-hydrogen) atoms. The number of sulfonamides is 1. The number of carbonyl (C=O) groups is 1. The lowest BCUT2D eigenvalue weighted by atomic mass is 10.1. The maximum Gasteiger partial charge on any atom is 0.342 e. The summed E-state index contributed by atoms with van der Waals surface area (Å²) in [5.74, 6) is -0.00481. The van der Waals surface area contributed by atoms with Crippen molar-refractivity contribution in [2.75, 3.05) is 11.3 Å². The number of esters is 1. The van der Waals surface area contributed by atoms with E-state index in [2.05, 4.69) is 11.6 Å². The first-order valence-corrected chi connectivity index (χ1v) is 12.1. The molecule has 166 valence electrons. The van der Waals surface area contributed by atoms with Gasteiger partial charge in [0.05, 0.1) is 11.5 Å². The molecule has 1 heterocycles. The maximum absolute atomic E-state index is 12.7. The van der Waals surface area contributed by atoms with Crippen molar-refractivity contribution in [1.82, 2.24) is 0 Å². The molecule has 1 aromatic heterocycles. The van der Waals surface area contributed by atoms with Crippen molar-refractivity contribution >= 4 is 32.6 Å². The van der Waals surface area contributed by atoms with Gasteiger partial charge in [-0.05, 0) is 50.6 Å². The van der Waals surface area contributed by atoms with Crippen LogP contribution in [0.5, 0.6) is 0 Å². The van der Waals surface area contributed by atoms with Gasteiger partial charge in [-0.1, -0.05) is 50.3 Å². The van der Waals surface area contributed by atoms with Gasteiger partial charge in [-0.2, -0.15) is 0 Å². The van der Waals surface area contributed by atoms with Crippen molar-refractivity contribution in [1.29, 1.82) is 0 Å². The molecular formula is C24H29NO5S. The lowest BCUT2D eigenvalue weighted by Gasteiger charge is -2.09. The minimum absolute atomic E-state index is 0.171. The highest BCUT2D eigenvalue weighted by molar-refractivity contribution is 7.92. The quantitative estimate of drug-likeness (QED) is 0.308. The normalized spacial score (nSPS) is 11.6. The summed E-state index contributed by atoms with van der Waals surface area (Å²) in [5, 5.41) is 0.526. The summed E-state index contributed by atoms with van der Waals surface area (Å²) >= 11 is 0. The molecule has 0 spiro atoms. The Balaban J connectivity index is 1.77. The zero-order valence-corrected chi connectivity index (χ0v) is 19.1. The number of benzene rings is 2. The van der Waals surface area contributed by atoms with Crippen LogP contribution in [0.4, 0.5) is 5.69 Å². The van der Waals surface area contributed by atoms with Gasteiger partial charge in [-0.15, -0.1) is 0 Å². The fraction of sp³-hybridized carbons (Fsp3) is 0.375. The Morgan fingerprint density at radius 3 is 2.42 bits per heavy atom. The zero-order valence-electron chi connectivity index (χ0n) is 18.2. The summed E-state index contributed by atoms with van der Waals surface area (Å²) in [7, 11) is -3.75. The fourth-order valence-corrected chi connectivity index (χ4v) is 4.46. The van der Waals surface area contributed by atoms with Crippen molar-refractivity contribution < 1.29 is 22.4 Å². The molecule has 0 saturated carbocycles. The van der Waals surface area contributed by atoms with E-state index in [1.54, 1.807) is 49.4 Å². The number of nitrogens with one attached hydrogen (secondary N) is 1. The van der Waals surface area contributed by atoms with Gasteiger partial charge >= 0.3 is 5.97 Å². The van der Waals surface area contributed by atoms with Gasteiger partial charge in [0.25, 0.3) is 10.0 Å². The van der Waals surface area contributed by atoms with E-state index in [9.17, 15) is 13.2 Å². The smallest absolute Gasteiger partial charge is 0.342 e. The second-order valence-electron chi connectivity index (χ2n) is 7.71. The third-order valence-electron chi connectivity index (χ3n) is 5.13. The second kappa shape index (κ2) is 10.0. The van der Waals surface area contributed by atoms with Crippen LogP contribution < -0.4 is 4.72 Å². The van der Waals surface area contributed by atoms with E-state index in [4.69, 9.17) is 9.15 Å². The molecule has 7 heteroatoms. The van der Waals surface area contributed by atoms with Crippen molar-refractivity contribution in [2.24, 2.45) is 0 Å². The molecule has 0 aliphatic heterocycles. The molecule has 0 radical (unpaired) electrons. The Kier molecular flexibility index (Phi) is 7.38. The van der Waals surface area contributed by atoms with E-state index in [1.165, 1.54) is 6.42 Å². The first-order valence-electron chi connectivity index (χ1n) is 10.6. The van der Waals surface area contributed by atoms with Gasteiger partial charge in [0.2, 0.25) is 0 Å². The Morgan fingerprint density at radius 2 is 1.71 bits per heavy atom. The number of unbranched alkanes of at least 4 members (excludes halogenated alkanes) is 4. The summed E-state index contributed by atoms with van der Waals surface area (Å²) < 4.78 is 39.1. The van der Waals surface area contributed by atoms with E-state index in [0.717, 1.165) is 31.2 Å². The molecule has 0 atom stereocenters. The molecule has 1 N–H and O–H groups in total. The minimum atomic E-state index is -3.75. The first-order chi connectivity index (χ1) is 14.8. The number of rotatable bonds is 10. The number of aryl methyl sites for hydroxylation is 2. The molecule has 0 unspecified atom stereocenters. The van der Waals surface area contributed by atoms with E-state index in [1.807, 2.05) is 6.92 Å². The highest BCUT2D eigenvalue weighted by Gasteiger charge is 2.21. The number of furan rings is 1. The van der Waals surface area contributed by atoms with Crippen LogP contribution in [0.1, 0.15) is 60.7 Å². The molecule has 0 aliphatic rings. The standard InChI is InChI=1S/C24H29NO5S/c1-4-5-6-7-8-15-29-24(26)23-18(3)30-22-14-11-19(16-21(22)23)25-31(27,28)20-12-9-17(2)10-13-20/h9-14,16,25H,4-8,15H2,1-3H3. The van der Waals surface area contributed by atoms with Crippen molar-refractivity contribution in [2.45, 2.75) is 57.8 Å². The van der Waals surface area contributed by atoms with E-state index < -0.39 is 16.0 Å². The third kappa shape index (κ3) is 5.67. The first kappa shape index (κ1) is 22.9. The minimum Gasteiger partial charge on any atom is -0.462 e. The van der Waals surface area contributed by atoms with E-state index in [0.29, 0.717) is 34.6 Å². The fourth-order valence-electron chi connectivity index (χ4n) is 3.41. The summed E-state index contributed by atoms with van der Waals surface area (Å²) in [6.45, 7) is 6.11. The van der Waals surface area contributed by atoms with Crippen LogP contribution in [0.25, 0.3) is 11.0 Å². The Bertz CT molecular complexity index is 1150. The topological polar surface area (TPSA) is 85.6 Å². The van der Waals surface area contributed by atoms with E-state index in [-0.39, 0.29) is 4.90 Å². The molecule has 6 nitrogen and oxygen atoms in total. The number of anilines is 1. The molecule has 3 rings (SSSR count). The zero-order chi connectivity index (χ0) is 22.4. The van der Waals surface area contributed by atoms with Crippen LogP contribution in [0.3, 0.4) is 0 Å². The molecule has 0 aliphatic carbocycles. The molecule has 3 aromatic rings. The number of fused-ring (bicyclic) bond motifs is 1. The van der Waals surface area contributed by atoms with Gasteiger partial charge in [0.1, 0.15) is 16.9 Å². The van der Waals surface area contributed by atoms with Crippen LogP contribution >= 0.6 is 0 Å². The number of hydrogen-bond donors (Lipinski definition) is 1. The summed E-state index contributed by atoms with van der Waals surface area (Å²) in [5.41, 5.74) is 2.16. The predicted octanol–water partition coefficient (Wildman–Crippen LogP) is 5.98. The van der Waals surface area contributed by atoms with Crippen LogP contribution in [0, 0.1) is 13.8 Å². The SMILES string of the molecule is CCCCCCCOC(=O)c1c(C)oc2ccc(NS(=O)(=O)c3ccc(C)cc3)cc12. The highest BCUT2D eigenvalue weighted by Crippen LogP contribution is 2.30. The van der Waals surface area contributed by atoms with Gasteiger partial charge in [0, 0.05) is 11.1 Å². The van der Waals surface area contributed by atoms with Gasteiger partial charge in [-0.25, -0.2) is 13.2 Å². The molecule has 2 aromatic carbocycles. The van der Waals surface area contributed by atoms with Gasteiger partial charge < -0.3 is 9.15 Å². The average Bonchev–Trinajstić information content (AvgIpc) is 3.05. The van der Waals surface area contributed by atoms with Crippen LogP contribution in [-0.4, -0.2) is 21.0 Å². The van der Waals surface area contributed by atoms with Crippen molar-refractivity contribution in [3.8, 4) is 0 Å². The lowest BCUT2D eigenvalue weighted by molar-refractivity contribution is 0.0497.